The Morgan fingerprint density at radius 2 is 0.980 bits per heavy atom. The smallest absolute Gasteiger partial charge is 0.272 e. The molecule has 2 N–H and O–H groups in total. The van der Waals surface area contributed by atoms with E-state index >= 15 is 0 Å². The van der Waals surface area contributed by atoms with Crippen molar-refractivity contribution < 1.29 is 16.8 Å². The van der Waals surface area contributed by atoms with Crippen LogP contribution in [0.15, 0.2) is 69.3 Å². The molecule has 7 rings (SSSR count). The number of hydrogen-bond donors (Lipinski definition) is 2. The van der Waals surface area contributed by atoms with Crippen LogP contribution < -0.4 is 10.6 Å². The third-order valence-electron chi connectivity index (χ3n) is 9.99. The van der Waals surface area contributed by atoms with Gasteiger partial charge in [0.25, 0.3) is 20.0 Å². The highest BCUT2D eigenvalue weighted by molar-refractivity contribution is 7.91. The first kappa shape index (κ1) is 35.3. The van der Waals surface area contributed by atoms with E-state index in [4.69, 9.17) is 0 Å². The number of nitrogens with one attached hydrogen (secondary N) is 2. The minimum Gasteiger partial charge on any atom is -0.371 e. The molecule has 0 unspecified atom stereocenters. The first-order chi connectivity index (χ1) is 24.1. The average Bonchev–Trinajstić information content (AvgIpc) is 3.78. The molecule has 2 aromatic heterocycles. The van der Waals surface area contributed by atoms with Gasteiger partial charge in [0.15, 0.2) is 0 Å². The fourth-order valence-corrected chi connectivity index (χ4v) is 13.2. The first-order valence-electron chi connectivity index (χ1n) is 17.4. The van der Waals surface area contributed by atoms with Crippen molar-refractivity contribution in [3.63, 3.8) is 0 Å². The number of sulfonamides is 2. The van der Waals surface area contributed by atoms with Crippen LogP contribution in [0.1, 0.15) is 75.3 Å². The second kappa shape index (κ2) is 14.8. The van der Waals surface area contributed by atoms with E-state index in [0.717, 1.165) is 107 Å². The largest absolute Gasteiger partial charge is 0.371 e. The molecule has 2 aliphatic carbocycles. The van der Waals surface area contributed by atoms with Gasteiger partial charge in [0.05, 0.1) is 33.8 Å². The number of nitrogens with zero attached hydrogens (tertiary/aromatic N) is 4. The van der Waals surface area contributed by atoms with E-state index in [9.17, 15) is 16.8 Å². The third-order valence-corrected chi connectivity index (χ3v) is 16.5. The summed E-state index contributed by atoms with van der Waals surface area (Å²) >= 11 is 2.45. The van der Waals surface area contributed by atoms with E-state index in [1.807, 2.05) is 74.5 Å². The van der Waals surface area contributed by atoms with Crippen LogP contribution in [0.25, 0.3) is 20.4 Å². The van der Waals surface area contributed by atoms with E-state index in [0.29, 0.717) is 0 Å². The van der Waals surface area contributed by atoms with Crippen LogP contribution in [0.2, 0.25) is 0 Å². The SMILES string of the molecule is Cc1cccc2sc(S(=O)(=O)N(CNc3ccc(NCN(C4CCCCC4)S(=O)(=O)c4nc5c(C)cccc5s4)cc3)C3CCCCC3)nc12. The summed E-state index contributed by atoms with van der Waals surface area (Å²) in [6.07, 6.45) is 9.54. The quantitative estimate of drug-likeness (QED) is 0.122. The fourth-order valence-electron chi connectivity index (χ4n) is 7.16. The van der Waals surface area contributed by atoms with E-state index in [2.05, 4.69) is 20.6 Å². The predicted molar refractivity (Wildman–Crippen MR) is 204 cm³/mol. The number of para-hydroxylation sites is 2. The van der Waals surface area contributed by atoms with Gasteiger partial charge in [-0.3, -0.25) is 0 Å². The number of aromatic nitrogens is 2. The van der Waals surface area contributed by atoms with Crippen LogP contribution in [0.3, 0.4) is 0 Å². The summed E-state index contributed by atoms with van der Waals surface area (Å²) in [6.45, 7) is 4.16. The van der Waals surface area contributed by atoms with Crippen molar-refractivity contribution in [3.8, 4) is 0 Å². The zero-order valence-electron chi connectivity index (χ0n) is 28.5. The maximum absolute atomic E-state index is 14.1. The summed E-state index contributed by atoms with van der Waals surface area (Å²) in [6, 6.07) is 19.0. The Labute approximate surface area is 303 Å². The second-order valence-corrected chi connectivity index (χ2v) is 19.6. The molecule has 0 aliphatic heterocycles. The van der Waals surface area contributed by atoms with E-state index in [1.54, 1.807) is 8.61 Å². The molecule has 0 saturated heterocycles. The lowest BCUT2D eigenvalue weighted by atomic mass is 9.96. The van der Waals surface area contributed by atoms with Crippen molar-refractivity contribution in [2.24, 2.45) is 0 Å². The molecule has 2 saturated carbocycles. The number of aryl methyl sites for hydroxylation is 2. The van der Waals surface area contributed by atoms with E-state index in [-0.39, 0.29) is 34.1 Å². The molecule has 2 heterocycles. The third kappa shape index (κ3) is 7.28. The maximum Gasteiger partial charge on any atom is 0.272 e. The number of thiazole rings is 2. The highest BCUT2D eigenvalue weighted by atomic mass is 32.3. The lowest BCUT2D eigenvalue weighted by Gasteiger charge is -2.33. The first-order valence-corrected chi connectivity index (χ1v) is 22.0. The molecule has 0 bridgehead atoms. The van der Waals surface area contributed by atoms with Gasteiger partial charge in [-0.1, -0.05) is 62.8 Å². The summed E-state index contributed by atoms with van der Waals surface area (Å²) in [5.74, 6) is 0. The lowest BCUT2D eigenvalue weighted by molar-refractivity contribution is 0.263. The Hall–Kier alpha value is -3.14. The molecule has 14 heteroatoms. The monoisotopic (exact) mass is 752 g/mol. The number of anilines is 2. The van der Waals surface area contributed by atoms with Crippen LogP contribution >= 0.6 is 22.7 Å². The summed E-state index contributed by atoms with van der Waals surface area (Å²) in [5.41, 5.74) is 4.94. The van der Waals surface area contributed by atoms with Crippen LogP contribution in [-0.2, 0) is 20.0 Å². The molecule has 3 aromatic carbocycles. The minimum absolute atomic E-state index is 0.0950. The van der Waals surface area contributed by atoms with Crippen molar-refractivity contribution in [3.05, 3.63) is 71.8 Å². The summed E-state index contributed by atoms with van der Waals surface area (Å²) < 4.78 is 61.5. The van der Waals surface area contributed by atoms with E-state index in [1.165, 1.54) is 22.7 Å². The van der Waals surface area contributed by atoms with Crippen molar-refractivity contribution in [2.75, 3.05) is 24.0 Å². The van der Waals surface area contributed by atoms with Gasteiger partial charge in [-0.2, -0.15) is 8.61 Å². The van der Waals surface area contributed by atoms with Crippen LogP contribution in [-0.4, -0.2) is 60.8 Å². The molecular weight excluding hydrogens is 709 g/mol. The lowest BCUT2D eigenvalue weighted by Crippen LogP contribution is -2.44. The van der Waals surface area contributed by atoms with Gasteiger partial charge in [0, 0.05) is 23.5 Å². The van der Waals surface area contributed by atoms with Gasteiger partial charge in [0.1, 0.15) is 0 Å². The fraction of sp³-hybridized carbons (Fsp3) is 0.444. The Morgan fingerprint density at radius 3 is 1.34 bits per heavy atom. The number of fused-ring (bicyclic) bond motifs is 2. The van der Waals surface area contributed by atoms with Crippen molar-refractivity contribution in [2.45, 2.75) is 98.8 Å². The summed E-state index contributed by atoms with van der Waals surface area (Å²) in [7, 11) is -7.67. The van der Waals surface area contributed by atoms with Gasteiger partial charge >= 0.3 is 0 Å². The topological polar surface area (TPSA) is 125 Å². The van der Waals surface area contributed by atoms with Crippen molar-refractivity contribution in [1.82, 2.24) is 18.6 Å². The zero-order valence-corrected chi connectivity index (χ0v) is 31.7. The second-order valence-electron chi connectivity index (χ2n) is 13.4. The van der Waals surface area contributed by atoms with Crippen LogP contribution in [0, 0.1) is 13.8 Å². The molecule has 10 nitrogen and oxygen atoms in total. The molecule has 266 valence electrons. The molecule has 5 aromatic rings. The van der Waals surface area contributed by atoms with Crippen LogP contribution in [0.5, 0.6) is 0 Å². The average molecular weight is 753 g/mol. The van der Waals surface area contributed by atoms with Crippen molar-refractivity contribution >= 4 is 74.5 Å². The highest BCUT2D eigenvalue weighted by Gasteiger charge is 2.36. The summed E-state index contributed by atoms with van der Waals surface area (Å²) in [5, 5.41) is 6.70. The Morgan fingerprint density at radius 1 is 0.600 bits per heavy atom. The van der Waals surface area contributed by atoms with Gasteiger partial charge in [-0.05, 0) is 87.1 Å². The molecule has 2 fully saturated rings. The molecule has 0 radical (unpaired) electrons. The molecule has 2 aliphatic rings. The number of benzene rings is 3. The number of rotatable bonds is 12. The van der Waals surface area contributed by atoms with Gasteiger partial charge in [-0.25, -0.2) is 26.8 Å². The molecule has 0 atom stereocenters. The Bertz CT molecular complexity index is 2020. The molecule has 50 heavy (non-hydrogen) atoms. The minimum atomic E-state index is -3.84. The van der Waals surface area contributed by atoms with Crippen molar-refractivity contribution in [1.29, 1.82) is 0 Å². The molecular formula is C36H44N6O4S4. The van der Waals surface area contributed by atoms with Gasteiger partial charge < -0.3 is 10.6 Å². The maximum atomic E-state index is 14.1. The van der Waals surface area contributed by atoms with Crippen LogP contribution in [0.4, 0.5) is 11.4 Å². The standard InChI is InChI=1S/C36H44N6O4S4/c1-25-11-9-17-31-33(25)39-35(47-31)49(43,44)41(29-13-5-3-6-14-29)23-37-27-19-21-28(22-20-27)38-24-42(30-15-7-4-8-16-30)50(45,46)36-40-34-26(2)12-10-18-32(34)48-36/h9-12,17-22,29-30,37-38H,3-8,13-16,23-24H2,1-2H3. The highest BCUT2D eigenvalue weighted by Crippen LogP contribution is 2.35. The summed E-state index contributed by atoms with van der Waals surface area (Å²) in [4.78, 5) is 9.18. The molecule has 0 spiro atoms. The van der Waals surface area contributed by atoms with Gasteiger partial charge in [0.2, 0.25) is 8.68 Å². The molecule has 0 amide bonds. The zero-order chi connectivity index (χ0) is 34.9. The van der Waals surface area contributed by atoms with E-state index < -0.39 is 20.0 Å². The normalized spacial score (nSPS) is 16.9. The Balaban J connectivity index is 1.06. The van der Waals surface area contributed by atoms with Gasteiger partial charge in [-0.15, -0.1) is 22.7 Å². The number of hydrogen-bond acceptors (Lipinski definition) is 10. The Kier molecular flexibility index (Phi) is 10.5. The predicted octanol–water partition coefficient (Wildman–Crippen LogP) is 8.31.